The third kappa shape index (κ3) is 4.36. The van der Waals surface area contributed by atoms with E-state index in [1.54, 1.807) is 0 Å². The molecule has 3 nitrogen and oxygen atoms in total. The van der Waals surface area contributed by atoms with Gasteiger partial charge in [-0.3, -0.25) is 0 Å². The van der Waals surface area contributed by atoms with Crippen LogP contribution in [0.5, 0.6) is 5.75 Å². The summed E-state index contributed by atoms with van der Waals surface area (Å²) in [5.74, 6) is -0.547. The lowest BCUT2D eigenvalue weighted by Crippen LogP contribution is -2.09. The van der Waals surface area contributed by atoms with Gasteiger partial charge in [-0.2, -0.15) is 0 Å². The molecule has 0 saturated heterocycles. The Kier molecular flexibility index (Phi) is 4.36. The van der Waals surface area contributed by atoms with Crippen molar-refractivity contribution in [1.82, 2.24) is 0 Å². The molecule has 1 aromatic carbocycles. The first-order valence-electron chi connectivity index (χ1n) is 3.89. The molecule has 0 fully saturated rings. The van der Waals surface area contributed by atoms with E-state index in [9.17, 15) is 12.8 Å². The molecule has 0 heterocycles. The first-order chi connectivity index (χ1) is 6.90. The van der Waals surface area contributed by atoms with Crippen molar-refractivity contribution in [3.05, 3.63) is 28.5 Å². The minimum Gasteiger partial charge on any atom is -0.491 e. The zero-order chi connectivity index (χ0) is 11.5. The Morgan fingerprint density at radius 1 is 1.47 bits per heavy atom. The fourth-order valence-corrected chi connectivity index (χ4v) is 1.70. The van der Waals surface area contributed by atoms with Gasteiger partial charge in [0.2, 0.25) is 9.05 Å². The number of rotatable bonds is 4. The average molecular weight is 318 g/mol. The van der Waals surface area contributed by atoms with Gasteiger partial charge >= 0.3 is 0 Å². The maximum Gasteiger partial charge on any atom is 0.235 e. The Balaban J connectivity index is 2.62. The molecule has 84 valence electrons. The van der Waals surface area contributed by atoms with Crippen LogP contribution in [0, 0.1) is 5.82 Å². The van der Waals surface area contributed by atoms with Gasteiger partial charge in [-0.15, -0.1) is 0 Å². The molecule has 0 N–H and O–H groups in total. The lowest BCUT2D eigenvalue weighted by molar-refractivity contribution is 0.337. The second kappa shape index (κ2) is 5.14. The molecule has 0 bridgehead atoms. The van der Waals surface area contributed by atoms with Gasteiger partial charge in [0.1, 0.15) is 18.2 Å². The lowest BCUT2D eigenvalue weighted by atomic mass is 10.3. The summed E-state index contributed by atoms with van der Waals surface area (Å²) in [6.45, 7) is -0.117. The average Bonchev–Trinajstić information content (AvgIpc) is 2.10. The molecule has 0 saturated carbocycles. The Hall–Kier alpha value is -0.330. The Labute approximate surface area is 99.7 Å². The normalized spacial score (nSPS) is 11.4. The second-order valence-electron chi connectivity index (χ2n) is 2.64. The van der Waals surface area contributed by atoms with Crippen LogP contribution in [0.4, 0.5) is 4.39 Å². The molecule has 7 heteroatoms. The van der Waals surface area contributed by atoms with E-state index in [1.807, 2.05) is 0 Å². The van der Waals surface area contributed by atoms with Crippen molar-refractivity contribution >= 4 is 35.7 Å². The van der Waals surface area contributed by atoms with Gasteiger partial charge in [0.15, 0.2) is 0 Å². The third-order valence-electron chi connectivity index (χ3n) is 1.50. The van der Waals surface area contributed by atoms with Crippen LogP contribution in [0.1, 0.15) is 0 Å². The molecule has 0 unspecified atom stereocenters. The number of hydrogen-bond donors (Lipinski definition) is 0. The molecule has 0 spiro atoms. The summed E-state index contributed by atoms with van der Waals surface area (Å²) in [6.07, 6.45) is 0. The van der Waals surface area contributed by atoms with E-state index in [0.717, 1.165) is 0 Å². The summed E-state index contributed by atoms with van der Waals surface area (Å²) in [5.41, 5.74) is 0. The van der Waals surface area contributed by atoms with Gasteiger partial charge < -0.3 is 4.74 Å². The smallest absolute Gasteiger partial charge is 0.235 e. The molecule has 0 atom stereocenters. The summed E-state index contributed by atoms with van der Waals surface area (Å²) in [6, 6.07) is 4.24. The van der Waals surface area contributed by atoms with Crippen LogP contribution in [0.15, 0.2) is 22.7 Å². The zero-order valence-electron chi connectivity index (χ0n) is 7.41. The maximum absolute atomic E-state index is 13.0. The highest BCUT2D eigenvalue weighted by Crippen LogP contribution is 2.27. The molecule has 1 aromatic rings. The summed E-state index contributed by atoms with van der Waals surface area (Å²) < 4.78 is 39.3. The largest absolute Gasteiger partial charge is 0.491 e. The highest BCUT2D eigenvalue weighted by Gasteiger charge is 2.09. The van der Waals surface area contributed by atoms with Crippen LogP contribution in [0.25, 0.3) is 0 Å². The topological polar surface area (TPSA) is 43.4 Å². The van der Waals surface area contributed by atoms with E-state index < -0.39 is 14.9 Å². The van der Waals surface area contributed by atoms with Crippen LogP contribution in [0.3, 0.4) is 0 Å². The van der Waals surface area contributed by atoms with Crippen molar-refractivity contribution in [1.29, 1.82) is 0 Å². The molecule has 0 amide bonds. The number of benzene rings is 1. The third-order valence-corrected chi connectivity index (χ3v) is 3.39. The van der Waals surface area contributed by atoms with E-state index in [-0.39, 0.29) is 22.6 Å². The van der Waals surface area contributed by atoms with Crippen molar-refractivity contribution in [2.75, 3.05) is 12.4 Å². The summed E-state index contributed by atoms with van der Waals surface area (Å²) >= 11 is 2.98. The molecular weight excluding hydrogens is 311 g/mol. The number of halogens is 3. The number of hydrogen-bond acceptors (Lipinski definition) is 3. The van der Waals surface area contributed by atoms with E-state index in [0.29, 0.717) is 0 Å². The lowest BCUT2D eigenvalue weighted by Gasteiger charge is -2.06. The first kappa shape index (κ1) is 12.7. The predicted molar refractivity (Wildman–Crippen MR) is 59.2 cm³/mol. The highest BCUT2D eigenvalue weighted by molar-refractivity contribution is 9.10. The molecule has 0 aliphatic rings. The van der Waals surface area contributed by atoms with Crippen LogP contribution < -0.4 is 4.74 Å². The van der Waals surface area contributed by atoms with Gasteiger partial charge in [-0.25, -0.2) is 12.8 Å². The monoisotopic (exact) mass is 316 g/mol. The summed E-state index contributed by atoms with van der Waals surface area (Å²) in [4.78, 5) is 0. The van der Waals surface area contributed by atoms with Crippen LogP contribution >= 0.6 is 26.6 Å². The Morgan fingerprint density at radius 3 is 2.73 bits per heavy atom. The molecule has 0 aliphatic carbocycles. The van der Waals surface area contributed by atoms with Crippen LogP contribution in [-0.4, -0.2) is 20.8 Å². The van der Waals surface area contributed by atoms with Gasteiger partial charge in [-0.1, -0.05) is 6.07 Å². The van der Waals surface area contributed by atoms with E-state index in [1.165, 1.54) is 18.2 Å². The van der Waals surface area contributed by atoms with Gasteiger partial charge in [-0.05, 0) is 28.1 Å². The maximum atomic E-state index is 13.0. The van der Waals surface area contributed by atoms with E-state index in [2.05, 4.69) is 15.9 Å². The minimum atomic E-state index is -3.58. The summed E-state index contributed by atoms with van der Waals surface area (Å²) in [7, 11) is 1.40. The number of ether oxygens (including phenoxy) is 1. The second-order valence-corrected chi connectivity index (χ2v) is 6.33. The standard InChI is InChI=1S/C8H7BrClFO3S/c9-8-6(11)2-1-3-7(8)14-4-5-15(10,12)13/h1-3H,4-5H2. The van der Waals surface area contributed by atoms with Crippen molar-refractivity contribution in [2.24, 2.45) is 0 Å². The highest BCUT2D eigenvalue weighted by atomic mass is 79.9. The fraction of sp³-hybridized carbons (Fsp3) is 0.250. The SMILES string of the molecule is O=S(=O)(Cl)CCOc1cccc(F)c1Br. The molecule has 15 heavy (non-hydrogen) atoms. The van der Waals surface area contributed by atoms with Crippen molar-refractivity contribution in [3.63, 3.8) is 0 Å². The summed E-state index contributed by atoms with van der Waals surface area (Å²) in [5, 5.41) is 0. The van der Waals surface area contributed by atoms with Crippen molar-refractivity contribution < 1.29 is 17.5 Å². The molecule has 1 rings (SSSR count). The Morgan fingerprint density at radius 2 is 2.13 bits per heavy atom. The first-order valence-corrected chi connectivity index (χ1v) is 7.16. The van der Waals surface area contributed by atoms with Gasteiger partial charge in [0, 0.05) is 10.7 Å². The molecule has 0 aromatic heterocycles. The van der Waals surface area contributed by atoms with Gasteiger partial charge in [0.05, 0.1) is 10.2 Å². The predicted octanol–water partition coefficient (Wildman–Crippen LogP) is 2.54. The van der Waals surface area contributed by atoms with Crippen molar-refractivity contribution in [2.45, 2.75) is 0 Å². The quantitative estimate of drug-likeness (QED) is 0.802. The molecule has 0 aliphatic heterocycles. The molecular formula is C8H7BrClFO3S. The van der Waals surface area contributed by atoms with E-state index in [4.69, 9.17) is 15.4 Å². The van der Waals surface area contributed by atoms with Crippen molar-refractivity contribution in [3.8, 4) is 5.75 Å². The van der Waals surface area contributed by atoms with Crippen LogP contribution in [0.2, 0.25) is 0 Å². The molecule has 0 radical (unpaired) electrons. The Bertz CT molecular complexity index is 449. The fourth-order valence-electron chi connectivity index (χ4n) is 0.847. The van der Waals surface area contributed by atoms with E-state index >= 15 is 0 Å². The zero-order valence-corrected chi connectivity index (χ0v) is 10.6. The minimum absolute atomic E-state index is 0.117. The van der Waals surface area contributed by atoms with Crippen LogP contribution in [-0.2, 0) is 9.05 Å². The van der Waals surface area contributed by atoms with Gasteiger partial charge in [0.25, 0.3) is 0 Å².